The zero-order valence-electron chi connectivity index (χ0n) is 16.0. The third-order valence-electron chi connectivity index (χ3n) is 5.46. The highest BCUT2D eigenvalue weighted by Gasteiger charge is 2.21. The fourth-order valence-electron chi connectivity index (χ4n) is 2.66. The van der Waals surface area contributed by atoms with Crippen molar-refractivity contribution in [2.45, 2.75) is 79.3 Å². The molecule has 0 aromatic carbocycles. The Labute approximate surface area is 145 Å². The SMILES string of the molecule is CC(CC(C)C(C)C)C(=O)NC(S)CBC(C)C(C)C(C)C. The maximum absolute atomic E-state index is 12.2. The Hall–Kier alpha value is -0.115. The number of rotatable bonds is 10. The minimum Gasteiger partial charge on any atom is -0.345 e. The van der Waals surface area contributed by atoms with Gasteiger partial charge in [-0.25, -0.2) is 0 Å². The Morgan fingerprint density at radius 3 is 2.00 bits per heavy atom. The summed E-state index contributed by atoms with van der Waals surface area (Å²) in [6, 6.07) is 0. The average Bonchev–Trinajstić information content (AvgIpc) is 2.43. The Bertz CT molecular complexity index is 322. The summed E-state index contributed by atoms with van der Waals surface area (Å²) >= 11 is 4.56. The van der Waals surface area contributed by atoms with Crippen LogP contribution in [0.1, 0.15) is 61.8 Å². The molecule has 1 amide bonds. The lowest BCUT2D eigenvalue weighted by atomic mass is 9.56. The first kappa shape index (κ1) is 21.9. The van der Waals surface area contributed by atoms with E-state index < -0.39 is 0 Å². The maximum atomic E-state index is 12.2. The van der Waals surface area contributed by atoms with Gasteiger partial charge in [0.05, 0.1) is 5.37 Å². The Balaban J connectivity index is 4.15. The number of hydrogen-bond acceptors (Lipinski definition) is 2. The molecule has 0 aliphatic heterocycles. The third-order valence-corrected chi connectivity index (χ3v) is 5.85. The molecule has 0 aromatic heterocycles. The van der Waals surface area contributed by atoms with Crippen molar-refractivity contribution in [3.05, 3.63) is 0 Å². The minimum atomic E-state index is -0.0221. The van der Waals surface area contributed by atoms with Gasteiger partial charge in [0.15, 0.2) is 0 Å². The second-order valence-electron chi connectivity index (χ2n) is 8.04. The highest BCUT2D eigenvalue weighted by molar-refractivity contribution is 7.81. The number of carbonyl (C=O) groups excluding carboxylic acids is 1. The molecule has 22 heavy (non-hydrogen) atoms. The minimum absolute atomic E-state index is 0.0221. The summed E-state index contributed by atoms with van der Waals surface area (Å²) in [6.45, 7) is 17.9. The van der Waals surface area contributed by atoms with E-state index in [0.717, 1.165) is 20.0 Å². The number of carbonyl (C=O) groups is 1. The smallest absolute Gasteiger partial charge is 0.223 e. The van der Waals surface area contributed by atoms with Gasteiger partial charge < -0.3 is 5.32 Å². The van der Waals surface area contributed by atoms with Gasteiger partial charge >= 0.3 is 0 Å². The lowest BCUT2D eigenvalue weighted by Crippen LogP contribution is -2.36. The summed E-state index contributed by atoms with van der Waals surface area (Å²) in [7, 11) is 1.12. The molecular formula is C18H38BNOS. The molecule has 0 spiro atoms. The zero-order chi connectivity index (χ0) is 17.4. The lowest BCUT2D eigenvalue weighted by molar-refractivity contribution is -0.125. The standard InChI is InChI=1S/C18H38BNOS/c1-11(2)13(5)9-14(6)18(21)20-17(22)10-19-16(8)15(7)12(3)4/h11-17,19,22H,9-10H2,1-8H3,(H,20,21). The van der Waals surface area contributed by atoms with Crippen LogP contribution in [0.15, 0.2) is 0 Å². The van der Waals surface area contributed by atoms with Gasteiger partial charge in [-0.05, 0) is 36.4 Å². The number of amides is 1. The van der Waals surface area contributed by atoms with Crippen LogP contribution in [0.5, 0.6) is 0 Å². The fourth-order valence-corrected chi connectivity index (χ4v) is 2.93. The van der Waals surface area contributed by atoms with Crippen molar-refractivity contribution < 1.29 is 4.79 Å². The van der Waals surface area contributed by atoms with E-state index in [1.165, 1.54) is 0 Å². The van der Waals surface area contributed by atoms with Crippen molar-refractivity contribution in [1.29, 1.82) is 0 Å². The molecule has 4 heteroatoms. The molecule has 0 rings (SSSR count). The summed E-state index contributed by atoms with van der Waals surface area (Å²) in [5.41, 5.74) is 0. The van der Waals surface area contributed by atoms with Crippen LogP contribution in [0, 0.1) is 29.6 Å². The number of thiol groups is 1. The predicted octanol–water partition coefficient (Wildman–Crippen LogP) is 4.63. The molecule has 0 saturated heterocycles. The summed E-state index contributed by atoms with van der Waals surface area (Å²) < 4.78 is 0. The van der Waals surface area contributed by atoms with Gasteiger partial charge in [0.25, 0.3) is 0 Å². The largest absolute Gasteiger partial charge is 0.345 e. The molecule has 5 atom stereocenters. The van der Waals surface area contributed by atoms with Crippen molar-refractivity contribution in [3.63, 3.8) is 0 Å². The molecule has 130 valence electrons. The van der Waals surface area contributed by atoms with Gasteiger partial charge in [-0.3, -0.25) is 4.79 Å². The first-order valence-electron chi connectivity index (χ1n) is 9.04. The molecule has 0 aliphatic carbocycles. The second-order valence-corrected chi connectivity index (χ2v) is 8.66. The van der Waals surface area contributed by atoms with Crippen LogP contribution in [0.4, 0.5) is 0 Å². The third kappa shape index (κ3) is 8.50. The summed E-state index contributed by atoms with van der Waals surface area (Å²) in [4.78, 5) is 12.2. The van der Waals surface area contributed by atoms with Crippen molar-refractivity contribution in [2.24, 2.45) is 29.6 Å². The summed E-state index contributed by atoms with van der Waals surface area (Å²) in [5.74, 6) is 3.51. The van der Waals surface area contributed by atoms with Crippen LogP contribution in [-0.4, -0.2) is 18.6 Å². The first-order valence-corrected chi connectivity index (χ1v) is 9.56. The van der Waals surface area contributed by atoms with E-state index in [4.69, 9.17) is 0 Å². The number of nitrogens with one attached hydrogen (secondary N) is 1. The average molecular weight is 327 g/mol. The van der Waals surface area contributed by atoms with E-state index >= 15 is 0 Å². The molecule has 0 aromatic rings. The van der Waals surface area contributed by atoms with E-state index in [2.05, 4.69) is 66.4 Å². The number of hydrogen-bond donors (Lipinski definition) is 2. The maximum Gasteiger partial charge on any atom is 0.223 e. The van der Waals surface area contributed by atoms with E-state index in [9.17, 15) is 4.79 Å². The van der Waals surface area contributed by atoms with E-state index in [-0.39, 0.29) is 17.2 Å². The molecular weight excluding hydrogens is 289 g/mol. The quantitative estimate of drug-likeness (QED) is 0.342. The monoisotopic (exact) mass is 327 g/mol. The molecule has 0 saturated carbocycles. The highest BCUT2D eigenvalue weighted by Crippen LogP contribution is 2.25. The van der Waals surface area contributed by atoms with Crippen molar-refractivity contribution in [3.8, 4) is 0 Å². The van der Waals surface area contributed by atoms with Gasteiger partial charge in [-0.2, -0.15) is 12.6 Å². The van der Waals surface area contributed by atoms with Crippen LogP contribution >= 0.6 is 12.6 Å². The zero-order valence-corrected chi connectivity index (χ0v) is 16.9. The molecule has 0 bridgehead atoms. The highest BCUT2D eigenvalue weighted by atomic mass is 32.1. The molecule has 0 radical (unpaired) electrons. The normalized spacial score (nSPS) is 18.7. The lowest BCUT2D eigenvalue weighted by Gasteiger charge is -2.25. The second kappa shape index (κ2) is 10.6. The Morgan fingerprint density at radius 2 is 1.55 bits per heavy atom. The van der Waals surface area contributed by atoms with Gasteiger partial charge in [0.1, 0.15) is 7.28 Å². The van der Waals surface area contributed by atoms with Crippen LogP contribution < -0.4 is 5.32 Å². The van der Waals surface area contributed by atoms with Gasteiger partial charge in [-0.15, -0.1) is 0 Å². The molecule has 0 fully saturated rings. The Morgan fingerprint density at radius 1 is 1.00 bits per heavy atom. The summed E-state index contributed by atoms with van der Waals surface area (Å²) in [5, 5.41) is 3.05. The summed E-state index contributed by atoms with van der Waals surface area (Å²) in [6.07, 6.45) is 1.89. The van der Waals surface area contributed by atoms with Gasteiger partial charge in [-0.1, -0.05) is 61.2 Å². The molecule has 2 nitrogen and oxygen atoms in total. The molecule has 5 unspecified atom stereocenters. The van der Waals surface area contributed by atoms with Crippen LogP contribution in [-0.2, 0) is 4.79 Å². The fraction of sp³-hybridized carbons (Fsp3) is 0.944. The Kier molecular flexibility index (Phi) is 10.6. The van der Waals surface area contributed by atoms with Crippen LogP contribution in [0.2, 0.25) is 12.1 Å². The van der Waals surface area contributed by atoms with E-state index in [1.807, 2.05) is 6.92 Å². The van der Waals surface area contributed by atoms with Crippen molar-refractivity contribution >= 4 is 25.8 Å². The van der Waals surface area contributed by atoms with E-state index in [1.54, 1.807) is 0 Å². The van der Waals surface area contributed by atoms with E-state index in [0.29, 0.717) is 29.5 Å². The molecule has 0 heterocycles. The van der Waals surface area contributed by atoms with Crippen molar-refractivity contribution in [2.75, 3.05) is 0 Å². The van der Waals surface area contributed by atoms with Gasteiger partial charge in [0.2, 0.25) is 5.91 Å². The first-order chi connectivity index (χ1) is 10.1. The predicted molar refractivity (Wildman–Crippen MR) is 104 cm³/mol. The topological polar surface area (TPSA) is 29.1 Å². The molecule has 1 N–H and O–H groups in total. The van der Waals surface area contributed by atoms with Crippen molar-refractivity contribution in [1.82, 2.24) is 5.32 Å². The van der Waals surface area contributed by atoms with Gasteiger partial charge in [0, 0.05) is 5.92 Å². The molecule has 0 aliphatic rings. The van der Waals surface area contributed by atoms with Crippen LogP contribution in [0.3, 0.4) is 0 Å². The van der Waals surface area contributed by atoms with Crippen LogP contribution in [0.25, 0.3) is 0 Å².